The summed E-state index contributed by atoms with van der Waals surface area (Å²) in [5.74, 6) is 4.96. The molecule has 0 saturated heterocycles. The van der Waals surface area contributed by atoms with Crippen LogP contribution in [0, 0.1) is 67.0 Å². The van der Waals surface area contributed by atoms with Gasteiger partial charge in [-0.05, 0) is 231 Å². The number of amides is 1. The average Bonchev–Trinajstić information content (AvgIpc) is 0.882. The van der Waals surface area contributed by atoms with E-state index in [9.17, 15) is 18.4 Å². The van der Waals surface area contributed by atoms with Gasteiger partial charge >= 0.3 is 0 Å². The molecule has 11 rings (SSSR count). The van der Waals surface area contributed by atoms with Crippen LogP contribution >= 0.6 is 11.6 Å². The molecule has 119 heavy (non-hydrogen) atoms. The van der Waals surface area contributed by atoms with Gasteiger partial charge in [0.2, 0.25) is 5.91 Å². The highest BCUT2D eigenvalue weighted by molar-refractivity contribution is 6.31. The van der Waals surface area contributed by atoms with E-state index in [2.05, 4.69) is 380 Å². The highest BCUT2D eigenvalue weighted by atomic mass is 35.5. The molecule has 1 amide bonds. The van der Waals surface area contributed by atoms with Crippen molar-refractivity contribution in [2.24, 2.45) is 0 Å². The number of carbonyl (C=O) groups is 2. The maximum absolute atomic E-state index is 12.6. The fraction of sp³-hybridized carbons (Fsp3) is 0.398. The van der Waals surface area contributed by atoms with E-state index in [4.69, 9.17) is 11.6 Å². The van der Waals surface area contributed by atoms with Crippen LogP contribution in [0.5, 0.6) is 0 Å². The smallest absolute Gasteiger partial charge is 0.221 e. The lowest BCUT2D eigenvalue weighted by Crippen LogP contribution is -2.05. The molecule has 1 N–H and O–H groups in total. The second-order valence-corrected chi connectivity index (χ2v) is 34.7. The van der Waals surface area contributed by atoms with Gasteiger partial charge in [0.1, 0.15) is 0 Å². The number of benzene rings is 11. The van der Waals surface area contributed by atoms with Gasteiger partial charge < -0.3 is 5.32 Å². The predicted molar refractivity (Wildman–Crippen MR) is 526 cm³/mol. The second kappa shape index (κ2) is 60.2. The molecule has 0 bridgehead atoms. The number of Topliss-reactive ketones (excluding diaryl/α,β-unsaturated/α-hetero) is 1. The lowest BCUT2D eigenvalue weighted by atomic mass is 10.00. The molecular weight excluding hydrogens is 1480 g/mol. The second-order valence-electron chi connectivity index (χ2n) is 34.3. The molecule has 0 aliphatic carbocycles. The van der Waals surface area contributed by atoms with E-state index in [-0.39, 0.29) is 32.5 Å². The summed E-state index contributed by atoms with van der Waals surface area (Å²) in [5.41, 5.74) is 26.8. The lowest BCUT2D eigenvalue weighted by molar-refractivity contribution is -0.114. The van der Waals surface area contributed by atoms with E-state index in [0.717, 1.165) is 33.5 Å². The predicted octanol–water partition coefficient (Wildman–Crippen LogP) is 35.7. The number of halogens is 3. The molecule has 0 aromatic heterocycles. The van der Waals surface area contributed by atoms with E-state index in [0.29, 0.717) is 59.2 Å². The van der Waals surface area contributed by atoms with Crippen molar-refractivity contribution >= 4 is 29.0 Å². The van der Waals surface area contributed by atoms with Crippen molar-refractivity contribution in [2.75, 3.05) is 5.32 Å². The molecule has 0 aliphatic heterocycles. The standard InChI is InChI=1S/C11H15NO.C11H14O.C10H13Cl.7C10H14.C9H10F2.2CH4/c1-8(2)10-4-6-11(7-5-10)12-9(3)13;1-8(2)10-5-4-6-11(7-10)9(3)12;1-7(2)9-5-4-8(3)10(11)6-9;5*1-8(2)10-6-4-9(3)5-7-10;2*1-8(2)10-6-4-5-9(3)7-10;1-6(2)7-3-4-8(10)9(11)5-7;;/h4-8H,1-3H3,(H,12,13);4-8H,1-3H3;4-7H,1-3H3;7*4-8H,1-3H3;3-6H,1-2H3;2*1H4. The van der Waals surface area contributed by atoms with E-state index in [1.807, 2.05) is 69.3 Å². The Morgan fingerprint density at radius 2 is 0.479 bits per heavy atom. The zero-order valence-electron chi connectivity index (χ0n) is 78.0. The number of carbonyl (C=O) groups excluding carboxylic acids is 2. The molecule has 0 aliphatic rings. The van der Waals surface area contributed by atoms with Crippen LogP contribution in [0.15, 0.2) is 255 Å². The van der Waals surface area contributed by atoms with Gasteiger partial charge in [0.25, 0.3) is 0 Å². The third-order valence-electron chi connectivity index (χ3n) is 19.5. The number of rotatable bonds is 13. The molecule has 0 spiro atoms. The first-order valence-electron chi connectivity index (χ1n) is 42.5. The Labute approximate surface area is 732 Å². The van der Waals surface area contributed by atoms with Gasteiger partial charge in [-0.15, -0.1) is 0 Å². The first kappa shape index (κ1) is 112. The molecule has 0 fully saturated rings. The summed E-state index contributed by atoms with van der Waals surface area (Å²) in [6.45, 7) is 67.7. The minimum absolute atomic E-state index is 0. The molecule has 0 heterocycles. The zero-order chi connectivity index (χ0) is 88.8. The number of anilines is 1. The van der Waals surface area contributed by atoms with Crippen LogP contribution in [0.1, 0.15) is 362 Å². The third kappa shape index (κ3) is 49.1. The molecule has 6 heteroatoms. The molecule has 0 radical (unpaired) electrons. The zero-order valence-corrected chi connectivity index (χ0v) is 78.8. The fourth-order valence-corrected chi connectivity index (χ4v) is 11.1. The Kier molecular flexibility index (Phi) is 56.6. The Morgan fingerprint density at radius 1 is 0.252 bits per heavy atom. The summed E-state index contributed by atoms with van der Waals surface area (Å²) in [7, 11) is 0. The van der Waals surface area contributed by atoms with Gasteiger partial charge in [0.15, 0.2) is 17.4 Å². The SMILES string of the molecule is C.C.CC(=O)Nc1ccc(C(C)C)cc1.CC(=O)c1cccc(C(C)C)c1.CC(C)c1ccc(F)c(F)c1.Cc1ccc(C(C)C)cc1.Cc1ccc(C(C)C)cc1.Cc1ccc(C(C)C)cc1.Cc1ccc(C(C)C)cc1.Cc1ccc(C(C)C)cc1.Cc1ccc(C(C)C)cc1Cl.Cc1cccc(C(C)C)c1.Cc1cccc(C(C)C)c1. The van der Waals surface area contributed by atoms with Crippen molar-refractivity contribution in [1.29, 1.82) is 0 Å². The van der Waals surface area contributed by atoms with Crippen LogP contribution in [0.2, 0.25) is 5.02 Å². The first-order valence-corrected chi connectivity index (χ1v) is 42.8. The maximum Gasteiger partial charge on any atom is 0.221 e. The van der Waals surface area contributed by atoms with Gasteiger partial charge in [-0.2, -0.15) is 0 Å². The molecule has 0 saturated carbocycles. The van der Waals surface area contributed by atoms with Gasteiger partial charge in [-0.3, -0.25) is 9.59 Å². The van der Waals surface area contributed by atoms with Gasteiger partial charge in [0.05, 0.1) is 0 Å². The van der Waals surface area contributed by atoms with E-state index in [1.54, 1.807) is 13.0 Å². The number of nitrogens with one attached hydrogen (secondary N) is 1. The minimum atomic E-state index is -0.783. The lowest BCUT2D eigenvalue weighted by Gasteiger charge is -2.06. The summed E-state index contributed by atoms with van der Waals surface area (Å²) in [4.78, 5) is 21.7. The quantitative estimate of drug-likeness (QED) is 0.117. The third-order valence-corrected chi connectivity index (χ3v) is 19.9. The van der Waals surface area contributed by atoms with Crippen LogP contribution < -0.4 is 5.32 Å². The monoisotopic (exact) mass is 1630 g/mol. The van der Waals surface area contributed by atoms with Crippen molar-refractivity contribution in [2.45, 2.75) is 302 Å². The van der Waals surface area contributed by atoms with E-state index < -0.39 is 11.6 Å². The summed E-state index contributed by atoms with van der Waals surface area (Å²) in [6.07, 6.45) is 0. The average molecular weight is 1640 g/mol. The molecule has 648 valence electrons. The first-order chi connectivity index (χ1) is 54.8. The highest BCUT2D eigenvalue weighted by Crippen LogP contribution is 2.25. The van der Waals surface area contributed by atoms with Crippen molar-refractivity contribution in [3.63, 3.8) is 0 Å². The van der Waals surface area contributed by atoms with E-state index in [1.165, 1.54) is 108 Å². The largest absolute Gasteiger partial charge is 0.326 e. The van der Waals surface area contributed by atoms with Crippen molar-refractivity contribution in [1.82, 2.24) is 0 Å². The Morgan fingerprint density at radius 3 is 0.706 bits per heavy atom. The topological polar surface area (TPSA) is 46.2 Å². The van der Waals surface area contributed by atoms with Crippen molar-refractivity contribution in [3.8, 4) is 0 Å². The molecule has 11 aromatic rings. The Balaban J connectivity index is 0. The van der Waals surface area contributed by atoms with Crippen LogP contribution in [0.4, 0.5) is 14.5 Å². The van der Waals surface area contributed by atoms with E-state index >= 15 is 0 Å². The fourth-order valence-electron chi connectivity index (χ4n) is 10.9. The molecule has 3 nitrogen and oxygen atoms in total. The molecule has 0 atom stereocenters. The Hall–Kier alpha value is -9.29. The number of hydrogen-bond donors (Lipinski definition) is 1. The Bertz CT molecular complexity index is 4110. The van der Waals surface area contributed by atoms with Crippen LogP contribution in [0.3, 0.4) is 0 Å². The minimum Gasteiger partial charge on any atom is -0.326 e. The summed E-state index contributed by atoms with van der Waals surface area (Å²) in [6, 6.07) is 86.9. The van der Waals surface area contributed by atoms with Crippen LogP contribution in [0.25, 0.3) is 0 Å². The number of ketones is 1. The maximum atomic E-state index is 12.6. The van der Waals surface area contributed by atoms with Crippen molar-refractivity contribution < 1.29 is 18.4 Å². The summed E-state index contributed by atoms with van der Waals surface area (Å²) < 4.78 is 25.0. The van der Waals surface area contributed by atoms with Gasteiger partial charge in [0, 0.05) is 23.2 Å². The highest BCUT2D eigenvalue weighted by Gasteiger charge is 2.08. The van der Waals surface area contributed by atoms with Crippen LogP contribution in [-0.4, -0.2) is 11.7 Å². The van der Waals surface area contributed by atoms with Crippen LogP contribution in [-0.2, 0) is 4.79 Å². The molecule has 11 aromatic carbocycles. The molecular formula is C113H158ClF2NO2. The van der Waals surface area contributed by atoms with Gasteiger partial charge in [-0.25, -0.2) is 8.78 Å². The van der Waals surface area contributed by atoms with Gasteiger partial charge in [-0.1, -0.05) is 436 Å². The summed E-state index contributed by atoms with van der Waals surface area (Å²) in [5, 5.41) is 3.60. The van der Waals surface area contributed by atoms with Crippen molar-refractivity contribution in [3.05, 3.63) is 383 Å². The molecule has 0 unspecified atom stereocenters. The summed E-state index contributed by atoms with van der Waals surface area (Å²) >= 11 is 5.96. The number of hydrogen-bond acceptors (Lipinski definition) is 2. The normalized spacial score (nSPS) is 10.2. The number of aryl methyl sites for hydroxylation is 8.